The van der Waals surface area contributed by atoms with Crippen molar-refractivity contribution >= 4 is 17.5 Å². The maximum atomic E-state index is 12.1. The van der Waals surface area contributed by atoms with Crippen molar-refractivity contribution in [2.24, 2.45) is 0 Å². The van der Waals surface area contributed by atoms with E-state index in [9.17, 15) is 19.7 Å². The Morgan fingerprint density at radius 2 is 1.92 bits per heavy atom. The van der Waals surface area contributed by atoms with Gasteiger partial charge in [-0.1, -0.05) is 25.7 Å². The minimum Gasteiger partial charge on any atom is -0.490 e. The lowest BCUT2D eigenvalue weighted by atomic mass is 10.1. The van der Waals surface area contributed by atoms with E-state index in [-0.39, 0.29) is 35.5 Å². The molecule has 1 aromatic carbocycles. The predicted molar refractivity (Wildman–Crippen MR) is 91.6 cm³/mol. The molecule has 0 unspecified atom stereocenters. The van der Waals surface area contributed by atoms with Gasteiger partial charge >= 0.3 is 5.69 Å². The smallest absolute Gasteiger partial charge is 0.311 e. The number of ether oxygens (including phenoxy) is 1. The molecule has 25 heavy (non-hydrogen) atoms. The monoisotopic (exact) mass is 349 g/mol. The largest absolute Gasteiger partial charge is 0.490 e. The molecule has 0 aliphatic heterocycles. The van der Waals surface area contributed by atoms with Crippen molar-refractivity contribution in [2.45, 2.75) is 44.6 Å². The van der Waals surface area contributed by atoms with Crippen LogP contribution < -0.4 is 15.4 Å². The Balaban J connectivity index is 1.90. The number of amides is 2. The molecule has 136 valence electrons. The highest BCUT2D eigenvalue weighted by molar-refractivity contribution is 5.97. The Labute approximate surface area is 146 Å². The van der Waals surface area contributed by atoms with Crippen molar-refractivity contribution in [2.75, 3.05) is 13.7 Å². The van der Waals surface area contributed by atoms with Crippen LogP contribution in [0.15, 0.2) is 18.2 Å². The Morgan fingerprint density at radius 1 is 1.24 bits per heavy atom. The number of rotatable bonds is 6. The second kappa shape index (κ2) is 9.00. The standard InChI is InChI=1S/C17H23N3O5/c1-25-15-9-8-12(10-14(15)20(23)24)17(22)18-11-16(21)19-13-6-4-2-3-5-7-13/h8-10,13H,2-7,11H2,1H3,(H,18,22)(H,19,21). The lowest BCUT2D eigenvalue weighted by Crippen LogP contribution is -2.41. The van der Waals surface area contributed by atoms with E-state index in [0.29, 0.717) is 0 Å². The van der Waals surface area contributed by atoms with Crippen LogP contribution in [-0.2, 0) is 4.79 Å². The van der Waals surface area contributed by atoms with E-state index in [2.05, 4.69) is 10.6 Å². The number of carbonyl (C=O) groups is 2. The molecule has 2 amide bonds. The molecule has 0 spiro atoms. The van der Waals surface area contributed by atoms with Crippen LogP contribution in [-0.4, -0.2) is 36.4 Å². The fraction of sp³-hybridized carbons (Fsp3) is 0.529. The van der Waals surface area contributed by atoms with Gasteiger partial charge in [-0.2, -0.15) is 0 Å². The van der Waals surface area contributed by atoms with Crippen molar-refractivity contribution in [3.05, 3.63) is 33.9 Å². The molecular weight excluding hydrogens is 326 g/mol. The van der Waals surface area contributed by atoms with E-state index < -0.39 is 10.8 Å². The van der Waals surface area contributed by atoms with E-state index in [1.807, 2.05) is 0 Å². The van der Waals surface area contributed by atoms with Gasteiger partial charge in [-0.05, 0) is 25.0 Å². The molecule has 0 aromatic heterocycles. The van der Waals surface area contributed by atoms with Crippen molar-refractivity contribution in [1.29, 1.82) is 0 Å². The number of nitro groups is 1. The topological polar surface area (TPSA) is 111 Å². The fourth-order valence-corrected chi connectivity index (χ4v) is 2.94. The molecule has 8 nitrogen and oxygen atoms in total. The summed E-state index contributed by atoms with van der Waals surface area (Å²) in [5, 5.41) is 16.4. The zero-order valence-corrected chi connectivity index (χ0v) is 14.2. The second-order valence-corrected chi connectivity index (χ2v) is 6.08. The summed E-state index contributed by atoms with van der Waals surface area (Å²) in [5.74, 6) is -0.710. The Hall–Kier alpha value is -2.64. The average molecular weight is 349 g/mol. The Bertz CT molecular complexity index is 639. The molecule has 1 aliphatic carbocycles. The maximum Gasteiger partial charge on any atom is 0.311 e. The fourth-order valence-electron chi connectivity index (χ4n) is 2.94. The molecule has 1 fully saturated rings. The van der Waals surface area contributed by atoms with Gasteiger partial charge in [-0.3, -0.25) is 19.7 Å². The van der Waals surface area contributed by atoms with Gasteiger partial charge < -0.3 is 15.4 Å². The van der Waals surface area contributed by atoms with E-state index in [1.165, 1.54) is 32.1 Å². The third kappa shape index (κ3) is 5.44. The van der Waals surface area contributed by atoms with E-state index in [4.69, 9.17) is 4.74 Å². The number of methoxy groups -OCH3 is 1. The zero-order valence-electron chi connectivity index (χ0n) is 14.2. The van der Waals surface area contributed by atoms with Gasteiger partial charge in [0.1, 0.15) is 0 Å². The first kappa shape index (κ1) is 18.7. The minimum atomic E-state index is -0.617. The van der Waals surface area contributed by atoms with Gasteiger partial charge in [0.2, 0.25) is 5.91 Å². The SMILES string of the molecule is COc1ccc(C(=O)NCC(=O)NC2CCCCCC2)cc1[N+](=O)[O-]. The molecule has 1 aromatic rings. The summed E-state index contributed by atoms with van der Waals surface area (Å²) in [6, 6.07) is 4.08. The van der Waals surface area contributed by atoms with E-state index in [0.717, 1.165) is 31.7 Å². The molecule has 2 rings (SSSR count). The molecule has 0 bridgehead atoms. The van der Waals surface area contributed by atoms with Gasteiger partial charge in [0.05, 0.1) is 18.6 Å². The van der Waals surface area contributed by atoms with Crippen molar-refractivity contribution in [1.82, 2.24) is 10.6 Å². The highest BCUT2D eigenvalue weighted by Gasteiger charge is 2.19. The summed E-state index contributed by atoms with van der Waals surface area (Å²) in [7, 11) is 1.32. The lowest BCUT2D eigenvalue weighted by Gasteiger charge is -2.16. The Morgan fingerprint density at radius 3 is 2.52 bits per heavy atom. The zero-order chi connectivity index (χ0) is 18.2. The Kier molecular flexibility index (Phi) is 6.73. The van der Waals surface area contributed by atoms with Crippen LogP contribution in [0.1, 0.15) is 48.9 Å². The maximum absolute atomic E-state index is 12.1. The third-order valence-corrected chi connectivity index (χ3v) is 4.27. The first-order valence-corrected chi connectivity index (χ1v) is 8.41. The molecule has 1 aliphatic rings. The van der Waals surface area contributed by atoms with Crippen LogP contribution in [0.5, 0.6) is 5.75 Å². The molecule has 0 atom stereocenters. The number of nitrogens with zero attached hydrogens (tertiary/aromatic N) is 1. The molecule has 0 heterocycles. The summed E-state index contributed by atoms with van der Waals surface area (Å²) < 4.78 is 4.90. The van der Waals surface area contributed by atoms with Crippen LogP contribution >= 0.6 is 0 Å². The van der Waals surface area contributed by atoms with Crippen LogP contribution in [0.3, 0.4) is 0 Å². The molecule has 0 radical (unpaired) electrons. The predicted octanol–water partition coefficient (Wildman–Crippen LogP) is 2.17. The summed E-state index contributed by atoms with van der Waals surface area (Å²) in [5.41, 5.74) is -0.187. The molecule has 8 heteroatoms. The second-order valence-electron chi connectivity index (χ2n) is 6.08. The summed E-state index contributed by atoms with van der Waals surface area (Å²) >= 11 is 0. The molecule has 0 saturated heterocycles. The van der Waals surface area contributed by atoms with Gasteiger partial charge in [0.25, 0.3) is 5.91 Å². The third-order valence-electron chi connectivity index (χ3n) is 4.27. The quantitative estimate of drug-likeness (QED) is 0.464. The average Bonchev–Trinajstić information content (AvgIpc) is 2.87. The van der Waals surface area contributed by atoms with Crippen LogP contribution in [0.4, 0.5) is 5.69 Å². The number of nitro benzene ring substituents is 1. The summed E-state index contributed by atoms with van der Waals surface area (Å²) in [6.45, 7) is -0.158. The normalized spacial score (nSPS) is 15.1. The molecule has 1 saturated carbocycles. The van der Waals surface area contributed by atoms with Gasteiger partial charge in [0.15, 0.2) is 5.75 Å². The number of carbonyl (C=O) groups excluding carboxylic acids is 2. The van der Waals surface area contributed by atoms with Crippen LogP contribution in [0.2, 0.25) is 0 Å². The summed E-state index contributed by atoms with van der Waals surface area (Å²) in [6.07, 6.45) is 6.52. The van der Waals surface area contributed by atoms with Crippen LogP contribution in [0, 0.1) is 10.1 Å². The van der Waals surface area contributed by atoms with Crippen molar-refractivity contribution in [3.8, 4) is 5.75 Å². The van der Waals surface area contributed by atoms with Gasteiger partial charge in [-0.25, -0.2) is 0 Å². The highest BCUT2D eigenvalue weighted by atomic mass is 16.6. The summed E-state index contributed by atoms with van der Waals surface area (Å²) in [4.78, 5) is 34.5. The van der Waals surface area contributed by atoms with Gasteiger partial charge in [0, 0.05) is 17.7 Å². The lowest BCUT2D eigenvalue weighted by molar-refractivity contribution is -0.385. The number of hydrogen-bond donors (Lipinski definition) is 2. The van der Waals surface area contributed by atoms with Crippen LogP contribution in [0.25, 0.3) is 0 Å². The molecule has 2 N–H and O–H groups in total. The van der Waals surface area contributed by atoms with Crippen molar-refractivity contribution < 1.29 is 19.2 Å². The minimum absolute atomic E-state index is 0.0765. The van der Waals surface area contributed by atoms with E-state index in [1.54, 1.807) is 0 Å². The molecular formula is C17H23N3O5. The first-order chi connectivity index (χ1) is 12.0. The van der Waals surface area contributed by atoms with Crippen molar-refractivity contribution in [3.63, 3.8) is 0 Å². The van der Waals surface area contributed by atoms with Gasteiger partial charge in [-0.15, -0.1) is 0 Å². The number of nitrogens with one attached hydrogen (secondary N) is 2. The first-order valence-electron chi connectivity index (χ1n) is 8.41. The number of benzene rings is 1. The highest BCUT2D eigenvalue weighted by Crippen LogP contribution is 2.27. The number of hydrogen-bond acceptors (Lipinski definition) is 5. The van der Waals surface area contributed by atoms with E-state index >= 15 is 0 Å².